The lowest BCUT2D eigenvalue weighted by Gasteiger charge is -2.35. The summed E-state index contributed by atoms with van der Waals surface area (Å²) in [5.74, 6) is -0.0554. The lowest BCUT2D eigenvalue weighted by atomic mass is 10.2. The third kappa shape index (κ3) is 6.19. The molecule has 176 valence electrons. The average Bonchev–Trinajstić information content (AvgIpc) is 3.25. The molecule has 0 radical (unpaired) electrons. The minimum Gasteiger partial charge on any atom is -0.379 e. The van der Waals surface area contributed by atoms with Gasteiger partial charge in [-0.15, -0.1) is 0 Å². The van der Waals surface area contributed by atoms with E-state index >= 15 is 0 Å². The molecule has 32 heavy (non-hydrogen) atoms. The van der Waals surface area contributed by atoms with E-state index in [1.807, 2.05) is 11.8 Å². The van der Waals surface area contributed by atoms with Gasteiger partial charge in [-0.3, -0.25) is 9.59 Å². The highest BCUT2D eigenvalue weighted by Crippen LogP contribution is 2.36. The number of H-pyrrole nitrogens is 1. The Morgan fingerprint density at radius 2 is 2.03 bits per heavy atom. The number of alkyl halides is 3. The molecule has 1 fully saturated rings. The van der Waals surface area contributed by atoms with Gasteiger partial charge in [0, 0.05) is 37.8 Å². The van der Waals surface area contributed by atoms with Gasteiger partial charge < -0.3 is 19.9 Å². The molecule has 1 atom stereocenters. The molecule has 2 aromatic rings. The molecule has 1 saturated heterocycles. The van der Waals surface area contributed by atoms with Gasteiger partial charge in [-0.1, -0.05) is 11.3 Å². The molecule has 1 aliphatic rings. The molecule has 0 saturated carbocycles. The van der Waals surface area contributed by atoms with E-state index in [0.717, 1.165) is 0 Å². The molecule has 1 amide bonds. The number of hydrogen-bond acceptors (Lipinski definition) is 8. The van der Waals surface area contributed by atoms with Crippen LogP contribution in [-0.4, -0.2) is 71.4 Å². The van der Waals surface area contributed by atoms with Crippen LogP contribution in [0.25, 0.3) is 0 Å². The van der Waals surface area contributed by atoms with Crippen LogP contribution in [-0.2, 0) is 15.7 Å². The maximum absolute atomic E-state index is 12.7. The van der Waals surface area contributed by atoms with E-state index in [2.05, 4.69) is 20.5 Å². The van der Waals surface area contributed by atoms with Gasteiger partial charge in [0.15, 0.2) is 5.01 Å². The van der Waals surface area contributed by atoms with E-state index in [-0.39, 0.29) is 30.5 Å². The highest BCUT2D eigenvalue weighted by molar-refractivity contribution is 7.15. The molecule has 3 heterocycles. The standard InChI is InChI=1S/C19H25F3N6O3S/c1-12(25-14-9-24-26-17(30)13(14)2)11-31-8-3-15(29)27-4-6-28(7-5-27)16-10-23-18(32-16)19(20,21)22/h9-10,12H,3-8,11H2,1-2H3,(H2,25,26,30)/t12-/m0/s1. The third-order valence-corrected chi connectivity index (χ3v) is 6.12. The average molecular weight is 475 g/mol. The van der Waals surface area contributed by atoms with E-state index in [0.29, 0.717) is 60.4 Å². The largest absolute Gasteiger partial charge is 0.443 e. The second-order valence-corrected chi connectivity index (χ2v) is 8.49. The Balaban J connectivity index is 1.36. The summed E-state index contributed by atoms with van der Waals surface area (Å²) < 4.78 is 43.7. The van der Waals surface area contributed by atoms with Crippen LogP contribution in [0.3, 0.4) is 0 Å². The van der Waals surface area contributed by atoms with Crippen molar-refractivity contribution >= 4 is 27.9 Å². The lowest BCUT2D eigenvalue weighted by molar-refractivity contribution is -0.137. The molecular weight excluding hydrogens is 449 g/mol. The molecule has 9 nitrogen and oxygen atoms in total. The third-order valence-electron chi connectivity index (χ3n) is 5.01. The Bertz CT molecular complexity index is 972. The van der Waals surface area contributed by atoms with Crippen molar-refractivity contribution in [1.29, 1.82) is 0 Å². The van der Waals surface area contributed by atoms with E-state index in [1.54, 1.807) is 11.8 Å². The number of rotatable bonds is 8. The van der Waals surface area contributed by atoms with Crippen LogP contribution in [0.4, 0.5) is 23.9 Å². The summed E-state index contributed by atoms with van der Waals surface area (Å²) in [6, 6.07) is -0.0862. The fourth-order valence-corrected chi connectivity index (χ4v) is 4.04. The summed E-state index contributed by atoms with van der Waals surface area (Å²) in [5.41, 5.74) is 0.904. The van der Waals surface area contributed by atoms with Crippen molar-refractivity contribution in [1.82, 2.24) is 20.1 Å². The van der Waals surface area contributed by atoms with Crippen LogP contribution in [0.15, 0.2) is 17.2 Å². The molecule has 0 spiro atoms. The van der Waals surface area contributed by atoms with Gasteiger partial charge in [-0.25, -0.2) is 10.1 Å². The number of aromatic amines is 1. The zero-order chi connectivity index (χ0) is 23.3. The quantitative estimate of drug-likeness (QED) is 0.565. The Kier molecular flexibility index (Phi) is 7.72. The van der Waals surface area contributed by atoms with Crippen LogP contribution in [0, 0.1) is 6.92 Å². The summed E-state index contributed by atoms with van der Waals surface area (Å²) in [7, 11) is 0. The number of carbonyl (C=O) groups excluding carboxylic acids is 1. The van der Waals surface area contributed by atoms with Crippen LogP contribution in [0.2, 0.25) is 0 Å². The number of hydrogen-bond donors (Lipinski definition) is 2. The van der Waals surface area contributed by atoms with Crippen molar-refractivity contribution in [2.45, 2.75) is 32.5 Å². The first-order valence-electron chi connectivity index (χ1n) is 10.1. The van der Waals surface area contributed by atoms with Gasteiger partial charge in [-0.05, 0) is 13.8 Å². The Morgan fingerprint density at radius 3 is 2.69 bits per heavy atom. The maximum atomic E-state index is 12.7. The molecule has 0 unspecified atom stereocenters. The normalized spacial score (nSPS) is 15.7. The summed E-state index contributed by atoms with van der Waals surface area (Å²) in [6.45, 7) is 5.97. The summed E-state index contributed by atoms with van der Waals surface area (Å²) >= 11 is 0.615. The number of aromatic nitrogens is 3. The van der Waals surface area contributed by atoms with Crippen LogP contribution >= 0.6 is 11.3 Å². The van der Waals surface area contributed by atoms with Crippen molar-refractivity contribution in [2.75, 3.05) is 49.6 Å². The first kappa shape index (κ1) is 24.0. The summed E-state index contributed by atoms with van der Waals surface area (Å²) in [5, 5.41) is 8.86. The Labute approximate surface area is 186 Å². The number of halogens is 3. The topological polar surface area (TPSA) is 103 Å². The molecule has 0 aromatic carbocycles. The number of carbonyl (C=O) groups is 1. The molecular formula is C19H25F3N6O3S. The number of piperazine rings is 1. The number of anilines is 2. The van der Waals surface area contributed by atoms with Crippen LogP contribution < -0.4 is 15.8 Å². The van der Waals surface area contributed by atoms with Crippen LogP contribution in [0.5, 0.6) is 0 Å². The molecule has 2 N–H and O–H groups in total. The second kappa shape index (κ2) is 10.3. The molecule has 13 heteroatoms. The fraction of sp³-hybridized carbons (Fsp3) is 0.579. The van der Waals surface area contributed by atoms with Crippen molar-refractivity contribution in [3.05, 3.63) is 33.3 Å². The summed E-state index contributed by atoms with van der Waals surface area (Å²) in [4.78, 5) is 30.9. The van der Waals surface area contributed by atoms with Crippen LogP contribution in [0.1, 0.15) is 23.9 Å². The minimum atomic E-state index is -4.44. The number of amides is 1. The van der Waals surface area contributed by atoms with Crippen molar-refractivity contribution in [2.24, 2.45) is 0 Å². The highest BCUT2D eigenvalue weighted by atomic mass is 32.1. The minimum absolute atomic E-state index is 0.0554. The first-order valence-corrected chi connectivity index (χ1v) is 10.9. The monoisotopic (exact) mass is 474 g/mol. The number of nitrogens with one attached hydrogen (secondary N) is 2. The zero-order valence-corrected chi connectivity index (χ0v) is 18.6. The zero-order valence-electron chi connectivity index (χ0n) is 17.7. The van der Waals surface area contributed by atoms with Gasteiger partial charge >= 0.3 is 6.18 Å². The highest BCUT2D eigenvalue weighted by Gasteiger charge is 2.35. The van der Waals surface area contributed by atoms with Gasteiger partial charge in [0.1, 0.15) is 5.00 Å². The molecule has 3 rings (SSSR count). The Hall–Kier alpha value is -2.67. The van der Waals surface area contributed by atoms with Gasteiger partial charge in [0.25, 0.3) is 5.56 Å². The van der Waals surface area contributed by atoms with Crippen molar-refractivity contribution in [3.63, 3.8) is 0 Å². The smallest absolute Gasteiger partial charge is 0.379 e. The van der Waals surface area contributed by atoms with E-state index in [4.69, 9.17) is 4.74 Å². The first-order chi connectivity index (χ1) is 15.1. The van der Waals surface area contributed by atoms with Crippen molar-refractivity contribution in [3.8, 4) is 0 Å². The van der Waals surface area contributed by atoms with Gasteiger partial charge in [0.05, 0.1) is 37.7 Å². The summed E-state index contributed by atoms with van der Waals surface area (Å²) in [6.07, 6.45) is -1.46. The Morgan fingerprint density at radius 1 is 1.31 bits per heavy atom. The molecule has 0 aliphatic carbocycles. The number of thiazole rings is 1. The molecule has 1 aliphatic heterocycles. The maximum Gasteiger partial charge on any atom is 0.443 e. The predicted octanol–water partition coefficient (Wildman–Crippen LogP) is 2.11. The van der Waals surface area contributed by atoms with Gasteiger partial charge in [-0.2, -0.15) is 18.3 Å². The van der Waals surface area contributed by atoms with E-state index < -0.39 is 11.2 Å². The lowest BCUT2D eigenvalue weighted by Crippen LogP contribution is -2.48. The van der Waals surface area contributed by atoms with Crippen molar-refractivity contribution < 1.29 is 22.7 Å². The predicted molar refractivity (Wildman–Crippen MR) is 114 cm³/mol. The SMILES string of the molecule is Cc1c(N[C@@H](C)COCCC(=O)N2CCN(c3cnc(C(F)(F)F)s3)CC2)cn[nH]c1=O. The fourth-order valence-electron chi connectivity index (χ4n) is 3.21. The second-order valence-electron chi connectivity index (χ2n) is 7.48. The van der Waals surface area contributed by atoms with E-state index in [1.165, 1.54) is 12.4 Å². The number of ether oxygens (including phenoxy) is 1. The molecule has 0 bridgehead atoms. The van der Waals surface area contributed by atoms with E-state index in [9.17, 15) is 22.8 Å². The van der Waals surface area contributed by atoms with Gasteiger partial charge in [0.2, 0.25) is 5.91 Å². The number of nitrogens with zero attached hydrogens (tertiary/aromatic N) is 4. The molecule has 2 aromatic heterocycles.